The van der Waals surface area contributed by atoms with Crippen molar-refractivity contribution in [3.05, 3.63) is 29.6 Å². The molecular weight excluding hydrogens is 256 g/mol. The smallest absolute Gasteiger partial charge is 0.188 e. The van der Waals surface area contributed by atoms with Gasteiger partial charge in [-0.15, -0.1) is 0 Å². The Kier molecular flexibility index (Phi) is 4.25. The lowest BCUT2D eigenvalue weighted by Crippen LogP contribution is -2.51. The summed E-state index contributed by atoms with van der Waals surface area (Å²) in [6.45, 7) is 8.85. The van der Waals surface area contributed by atoms with Crippen molar-refractivity contribution < 1.29 is 9.94 Å². The Labute approximate surface area is 119 Å². The molecule has 6 heteroatoms. The predicted octanol–water partition coefficient (Wildman–Crippen LogP) is 1.18. The largest absolute Gasteiger partial charge is 0.409 e. The number of hydrogen-bond donors (Lipinski definition) is 2. The Morgan fingerprint density at radius 2 is 2.40 bits per heavy atom. The highest BCUT2D eigenvalue weighted by Gasteiger charge is 2.31. The van der Waals surface area contributed by atoms with Crippen LogP contribution >= 0.6 is 0 Å². The van der Waals surface area contributed by atoms with E-state index in [2.05, 4.69) is 35.8 Å². The summed E-state index contributed by atoms with van der Waals surface area (Å²) in [6, 6.07) is 3.80. The molecule has 0 aromatic carbocycles. The maximum Gasteiger partial charge on any atom is 0.188 e. The van der Waals surface area contributed by atoms with E-state index in [4.69, 9.17) is 15.7 Å². The van der Waals surface area contributed by atoms with Gasteiger partial charge in [-0.2, -0.15) is 0 Å². The molecule has 1 aliphatic heterocycles. The van der Waals surface area contributed by atoms with Gasteiger partial charge in [0.25, 0.3) is 0 Å². The first-order valence-corrected chi connectivity index (χ1v) is 6.72. The molecule has 1 atom stereocenters. The number of oxime groups is 1. The van der Waals surface area contributed by atoms with Crippen LogP contribution in [0.3, 0.4) is 0 Å². The van der Waals surface area contributed by atoms with Gasteiger partial charge >= 0.3 is 0 Å². The molecule has 0 spiro atoms. The fraction of sp³-hybridized carbons (Fsp3) is 0.571. The first-order valence-electron chi connectivity index (χ1n) is 6.72. The fourth-order valence-electron chi connectivity index (χ4n) is 2.73. The standard InChI is InChI=1S/C14H22N4O2/c1-10-7-18(9-14(2,3)20-10)8-11-4-5-16-12(6-11)13(15)17-19/h4-6,10,19H,7-9H2,1-3H3,(H2,15,17). The molecule has 1 aromatic rings. The van der Waals surface area contributed by atoms with Crippen LogP contribution < -0.4 is 5.73 Å². The van der Waals surface area contributed by atoms with E-state index < -0.39 is 0 Å². The minimum absolute atomic E-state index is 0.0301. The monoisotopic (exact) mass is 278 g/mol. The highest BCUT2D eigenvalue weighted by atomic mass is 16.5. The quantitative estimate of drug-likeness (QED) is 0.375. The predicted molar refractivity (Wildman–Crippen MR) is 76.7 cm³/mol. The molecule has 6 nitrogen and oxygen atoms in total. The molecule has 0 radical (unpaired) electrons. The first-order chi connectivity index (χ1) is 9.39. The van der Waals surface area contributed by atoms with Crippen LogP contribution in [0.15, 0.2) is 23.5 Å². The third kappa shape index (κ3) is 3.68. The number of aromatic nitrogens is 1. The molecule has 0 bridgehead atoms. The van der Waals surface area contributed by atoms with Gasteiger partial charge in [0.15, 0.2) is 5.84 Å². The number of hydrogen-bond acceptors (Lipinski definition) is 5. The minimum Gasteiger partial charge on any atom is -0.409 e. The molecule has 1 aromatic heterocycles. The Morgan fingerprint density at radius 1 is 1.65 bits per heavy atom. The van der Waals surface area contributed by atoms with Crippen LogP contribution in [-0.4, -0.2) is 45.7 Å². The minimum atomic E-state index is -0.140. The van der Waals surface area contributed by atoms with Gasteiger partial charge in [0.1, 0.15) is 5.69 Å². The van der Waals surface area contributed by atoms with Gasteiger partial charge in [-0.1, -0.05) is 5.16 Å². The average molecular weight is 278 g/mol. The Bertz CT molecular complexity index is 502. The number of morpholine rings is 1. The van der Waals surface area contributed by atoms with Gasteiger partial charge in [-0.25, -0.2) is 0 Å². The number of pyridine rings is 1. The van der Waals surface area contributed by atoms with E-state index in [1.807, 2.05) is 12.1 Å². The van der Waals surface area contributed by atoms with Gasteiger partial charge in [0.2, 0.25) is 0 Å². The summed E-state index contributed by atoms with van der Waals surface area (Å²) in [5.41, 5.74) is 7.01. The maximum atomic E-state index is 8.70. The van der Waals surface area contributed by atoms with Gasteiger partial charge in [-0.3, -0.25) is 9.88 Å². The van der Waals surface area contributed by atoms with E-state index >= 15 is 0 Å². The van der Waals surface area contributed by atoms with Gasteiger partial charge in [0, 0.05) is 25.8 Å². The zero-order valence-electron chi connectivity index (χ0n) is 12.2. The summed E-state index contributed by atoms with van der Waals surface area (Å²) in [5, 5.41) is 11.7. The number of nitrogens with two attached hydrogens (primary N) is 1. The summed E-state index contributed by atoms with van der Waals surface area (Å²) >= 11 is 0. The fourth-order valence-corrected chi connectivity index (χ4v) is 2.73. The molecule has 20 heavy (non-hydrogen) atoms. The first kappa shape index (κ1) is 14.7. The molecule has 2 heterocycles. The average Bonchev–Trinajstić information content (AvgIpc) is 2.35. The van der Waals surface area contributed by atoms with Crippen molar-refractivity contribution in [3.63, 3.8) is 0 Å². The van der Waals surface area contributed by atoms with Crippen LogP contribution in [0.1, 0.15) is 32.0 Å². The molecule has 3 N–H and O–H groups in total. The van der Waals surface area contributed by atoms with E-state index in [9.17, 15) is 0 Å². The van der Waals surface area contributed by atoms with Crippen LogP contribution in [0.25, 0.3) is 0 Å². The molecule has 1 unspecified atom stereocenters. The van der Waals surface area contributed by atoms with Crippen molar-refractivity contribution in [1.82, 2.24) is 9.88 Å². The van der Waals surface area contributed by atoms with Crippen molar-refractivity contribution in [1.29, 1.82) is 0 Å². The third-order valence-electron chi connectivity index (χ3n) is 3.24. The molecule has 1 saturated heterocycles. The number of nitrogens with zero attached hydrogens (tertiary/aromatic N) is 3. The van der Waals surface area contributed by atoms with Crippen LogP contribution in [0.5, 0.6) is 0 Å². The van der Waals surface area contributed by atoms with E-state index in [1.165, 1.54) is 0 Å². The van der Waals surface area contributed by atoms with Crippen molar-refractivity contribution in [2.45, 2.75) is 39.0 Å². The lowest BCUT2D eigenvalue weighted by Gasteiger charge is -2.41. The molecule has 0 aliphatic carbocycles. The second kappa shape index (κ2) is 5.76. The molecule has 0 amide bonds. The van der Waals surface area contributed by atoms with E-state index in [0.717, 1.165) is 25.2 Å². The highest BCUT2D eigenvalue weighted by molar-refractivity contribution is 5.95. The lowest BCUT2D eigenvalue weighted by molar-refractivity contribution is -0.130. The lowest BCUT2D eigenvalue weighted by atomic mass is 10.0. The third-order valence-corrected chi connectivity index (χ3v) is 3.24. The second-order valence-electron chi connectivity index (χ2n) is 5.89. The Morgan fingerprint density at radius 3 is 3.05 bits per heavy atom. The van der Waals surface area contributed by atoms with E-state index in [-0.39, 0.29) is 17.5 Å². The number of rotatable bonds is 3. The molecule has 0 saturated carbocycles. The van der Waals surface area contributed by atoms with Crippen molar-refractivity contribution in [3.8, 4) is 0 Å². The Balaban J connectivity index is 2.10. The van der Waals surface area contributed by atoms with Gasteiger partial charge < -0.3 is 15.7 Å². The Hall–Kier alpha value is -1.66. The number of amidine groups is 1. The molecular formula is C14H22N4O2. The number of ether oxygens (including phenoxy) is 1. The van der Waals surface area contributed by atoms with Crippen molar-refractivity contribution in [2.24, 2.45) is 10.9 Å². The molecule has 2 rings (SSSR count). The zero-order chi connectivity index (χ0) is 14.8. The molecule has 1 fully saturated rings. The molecule has 110 valence electrons. The van der Waals surface area contributed by atoms with Crippen LogP contribution in [0.4, 0.5) is 0 Å². The summed E-state index contributed by atoms with van der Waals surface area (Å²) < 4.78 is 5.89. The van der Waals surface area contributed by atoms with Crippen molar-refractivity contribution in [2.75, 3.05) is 13.1 Å². The van der Waals surface area contributed by atoms with E-state index in [1.54, 1.807) is 6.20 Å². The maximum absolute atomic E-state index is 8.70. The summed E-state index contributed by atoms with van der Waals surface area (Å²) in [6.07, 6.45) is 1.89. The van der Waals surface area contributed by atoms with Gasteiger partial charge in [0.05, 0.1) is 11.7 Å². The summed E-state index contributed by atoms with van der Waals surface area (Å²) in [7, 11) is 0. The van der Waals surface area contributed by atoms with Crippen LogP contribution in [0, 0.1) is 0 Å². The molecule has 1 aliphatic rings. The summed E-state index contributed by atoms with van der Waals surface area (Å²) in [4.78, 5) is 6.43. The van der Waals surface area contributed by atoms with Gasteiger partial charge in [-0.05, 0) is 38.5 Å². The van der Waals surface area contributed by atoms with Crippen molar-refractivity contribution >= 4 is 5.84 Å². The van der Waals surface area contributed by atoms with Crippen LogP contribution in [0.2, 0.25) is 0 Å². The SMILES string of the molecule is CC1CN(Cc2ccnc(C(N)=NO)c2)CC(C)(C)O1. The van der Waals surface area contributed by atoms with Crippen LogP contribution in [-0.2, 0) is 11.3 Å². The normalized spacial score (nSPS) is 23.8. The highest BCUT2D eigenvalue weighted by Crippen LogP contribution is 2.22. The second-order valence-corrected chi connectivity index (χ2v) is 5.89. The topological polar surface area (TPSA) is 84.0 Å². The summed E-state index contributed by atoms with van der Waals surface area (Å²) in [5.74, 6) is 0.0301. The van der Waals surface area contributed by atoms with E-state index in [0.29, 0.717) is 5.69 Å². The zero-order valence-corrected chi connectivity index (χ0v) is 12.2.